The molecule has 0 bridgehead atoms. The van der Waals surface area contributed by atoms with Crippen LogP contribution in [0.25, 0.3) is 6.08 Å². The van der Waals surface area contributed by atoms with E-state index in [1.54, 1.807) is 42.5 Å². The fraction of sp³-hybridized carbons (Fsp3) is 0.111. The van der Waals surface area contributed by atoms with Crippen LogP contribution in [0.4, 0.5) is 0 Å². The molecule has 22 heavy (non-hydrogen) atoms. The van der Waals surface area contributed by atoms with Crippen molar-refractivity contribution in [3.63, 3.8) is 0 Å². The third-order valence-corrected chi connectivity index (χ3v) is 3.54. The van der Waals surface area contributed by atoms with E-state index in [0.717, 1.165) is 0 Å². The lowest BCUT2D eigenvalue weighted by Crippen LogP contribution is -2.00. The van der Waals surface area contributed by atoms with Crippen molar-refractivity contribution in [2.45, 2.75) is 6.92 Å². The fourth-order valence-electron chi connectivity index (χ4n) is 2.49. The molecule has 0 saturated heterocycles. The van der Waals surface area contributed by atoms with Crippen LogP contribution in [0.2, 0.25) is 0 Å². The average Bonchev–Trinajstić information content (AvgIpc) is 2.77. The molecule has 0 atom stereocenters. The molecule has 3 rings (SSSR count). The number of hydrogen-bond acceptors (Lipinski definition) is 4. The average molecular weight is 294 g/mol. The van der Waals surface area contributed by atoms with Gasteiger partial charge in [-0.2, -0.15) is 0 Å². The van der Waals surface area contributed by atoms with E-state index in [1.807, 2.05) is 6.92 Å². The summed E-state index contributed by atoms with van der Waals surface area (Å²) in [5.41, 5.74) is 1.25. The number of hydrogen-bond donors (Lipinski definition) is 1. The molecule has 0 spiro atoms. The molecular formula is C18H14O4. The predicted octanol–water partition coefficient (Wildman–Crippen LogP) is 3.25. The number of para-hydroxylation sites is 1. The lowest BCUT2D eigenvalue weighted by atomic mass is 10.1. The van der Waals surface area contributed by atoms with Gasteiger partial charge >= 0.3 is 0 Å². The minimum atomic E-state index is -0.318. The Kier molecular flexibility index (Phi) is 3.51. The van der Waals surface area contributed by atoms with Gasteiger partial charge in [-0.15, -0.1) is 0 Å². The Morgan fingerprint density at radius 2 is 1.64 bits per heavy atom. The van der Waals surface area contributed by atoms with Gasteiger partial charge < -0.3 is 9.84 Å². The zero-order chi connectivity index (χ0) is 15.7. The van der Waals surface area contributed by atoms with Gasteiger partial charge in [-0.1, -0.05) is 36.4 Å². The molecule has 4 heteroatoms. The van der Waals surface area contributed by atoms with Crippen LogP contribution >= 0.6 is 0 Å². The van der Waals surface area contributed by atoms with Crippen molar-refractivity contribution in [3.8, 4) is 11.5 Å². The van der Waals surface area contributed by atoms with Crippen LogP contribution in [-0.2, 0) is 0 Å². The van der Waals surface area contributed by atoms with Gasteiger partial charge in [0.25, 0.3) is 0 Å². The van der Waals surface area contributed by atoms with Crippen LogP contribution in [0.3, 0.4) is 0 Å². The van der Waals surface area contributed by atoms with Gasteiger partial charge in [-0.25, -0.2) is 0 Å². The minimum Gasteiger partial charge on any atom is -0.504 e. The van der Waals surface area contributed by atoms with Crippen molar-refractivity contribution >= 4 is 17.6 Å². The molecule has 0 fully saturated rings. The number of ketones is 2. The number of rotatable bonds is 3. The van der Waals surface area contributed by atoms with Crippen LogP contribution in [-0.4, -0.2) is 23.3 Å². The third-order valence-electron chi connectivity index (χ3n) is 3.54. The van der Waals surface area contributed by atoms with E-state index in [1.165, 1.54) is 6.08 Å². The first-order valence-electron chi connectivity index (χ1n) is 6.98. The van der Waals surface area contributed by atoms with E-state index in [9.17, 15) is 14.7 Å². The molecule has 1 aliphatic carbocycles. The summed E-state index contributed by atoms with van der Waals surface area (Å²) in [7, 11) is 0. The second-order valence-corrected chi connectivity index (χ2v) is 4.89. The van der Waals surface area contributed by atoms with Crippen LogP contribution in [0, 0.1) is 0 Å². The second-order valence-electron chi connectivity index (χ2n) is 4.89. The van der Waals surface area contributed by atoms with Crippen molar-refractivity contribution in [1.82, 2.24) is 0 Å². The smallest absolute Gasteiger partial charge is 0.197 e. The highest BCUT2D eigenvalue weighted by Gasteiger charge is 2.32. The first-order chi connectivity index (χ1) is 10.6. The Labute approximate surface area is 127 Å². The summed E-state index contributed by atoms with van der Waals surface area (Å²) in [6.45, 7) is 2.22. The first kappa shape index (κ1) is 14.1. The van der Waals surface area contributed by atoms with Gasteiger partial charge in [0.15, 0.2) is 23.1 Å². The fourth-order valence-corrected chi connectivity index (χ4v) is 2.49. The number of fused-ring (bicyclic) bond motifs is 1. The molecule has 0 aliphatic heterocycles. The lowest BCUT2D eigenvalue weighted by Gasteiger charge is -2.07. The van der Waals surface area contributed by atoms with Gasteiger partial charge in [0.2, 0.25) is 0 Å². The predicted molar refractivity (Wildman–Crippen MR) is 82.4 cm³/mol. The highest BCUT2D eigenvalue weighted by Crippen LogP contribution is 2.34. The molecule has 0 saturated carbocycles. The lowest BCUT2D eigenvalue weighted by molar-refractivity contribution is 0.0990. The van der Waals surface area contributed by atoms with Crippen LogP contribution in [0.5, 0.6) is 11.5 Å². The molecule has 1 N–H and O–H groups in total. The maximum Gasteiger partial charge on any atom is 0.197 e. The Morgan fingerprint density at radius 3 is 2.23 bits per heavy atom. The Bertz CT molecular complexity index is 765. The molecular weight excluding hydrogens is 280 g/mol. The molecule has 2 aromatic carbocycles. The zero-order valence-corrected chi connectivity index (χ0v) is 12.0. The molecule has 0 aromatic heterocycles. The number of allylic oxidation sites excluding steroid dienone is 1. The minimum absolute atomic E-state index is 0.0603. The summed E-state index contributed by atoms with van der Waals surface area (Å²) in [5, 5.41) is 10.2. The summed E-state index contributed by atoms with van der Waals surface area (Å²) in [6.07, 6.45) is 1.42. The summed E-state index contributed by atoms with van der Waals surface area (Å²) in [6, 6.07) is 11.7. The highest BCUT2D eigenvalue weighted by molar-refractivity contribution is 6.41. The van der Waals surface area contributed by atoms with E-state index < -0.39 is 0 Å². The Balaban J connectivity index is 2.06. The molecule has 0 radical (unpaired) electrons. The molecule has 0 amide bonds. The quantitative estimate of drug-likeness (QED) is 0.697. The largest absolute Gasteiger partial charge is 0.504 e. The number of carbonyl (C=O) groups is 2. The number of benzene rings is 2. The maximum atomic E-state index is 12.3. The highest BCUT2D eigenvalue weighted by atomic mass is 16.5. The van der Waals surface area contributed by atoms with Gasteiger partial charge in [-0.05, 0) is 19.1 Å². The summed E-state index contributed by atoms with van der Waals surface area (Å²) in [5.74, 6) is -0.385. The van der Waals surface area contributed by atoms with Gasteiger partial charge in [-0.3, -0.25) is 9.59 Å². The maximum absolute atomic E-state index is 12.3. The molecule has 0 heterocycles. The van der Waals surface area contributed by atoms with Gasteiger partial charge in [0.05, 0.1) is 12.2 Å². The molecule has 0 unspecified atom stereocenters. The second kappa shape index (κ2) is 5.48. The van der Waals surface area contributed by atoms with E-state index >= 15 is 0 Å². The number of Topliss-reactive ketones (excluding diaryl/α,β-unsaturated/α-hetero) is 2. The molecule has 2 aromatic rings. The standard InChI is InChI=1S/C18H14O4/c1-2-22-15-9-5-6-11(16(15)19)10-14-17(20)12-7-3-4-8-13(12)18(14)21/h3-10,19H,2H2,1H3. The SMILES string of the molecule is CCOc1cccc(C=C2C(=O)c3ccccc3C2=O)c1O. The number of carbonyl (C=O) groups excluding carboxylic acids is 2. The Morgan fingerprint density at radius 1 is 1.00 bits per heavy atom. The van der Waals surface area contributed by atoms with Gasteiger partial charge in [0.1, 0.15) is 0 Å². The number of aromatic hydroxyl groups is 1. The molecule has 1 aliphatic rings. The van der Waals surface area contributed by atoms with Crippen molar-refractivity contribution in [2.24, 2.45) is 0 Å². The summed E-state index contributed by atoms with van der Waals surface area (Å²) >= 11 is 0. The van der Waals surface area contributed by atoms with Crippen molar-refractivity contribution in [1.29, 1.82) is 0 Å². The van der Waals surface area contributed by atoms with Crippen LogP contribution in [0.1, 0.15) is 33.2 Å². The topological polar surface area (TPSA) is 63.6 Å². The monoisotopic (exact) mass is 294 g/mol. The van der Waals surface area contributed by atoms with Crippen LogP contribution in [0.15, 0.2) is 48.0 Å². The first-order valence-corrected chi connectivity index (χ1v) is 6.98. The van der Waals surface area contributed by atoms with Crippen molar-refractivity contribution < 1.29 is 19.4 Å². The van der Waals surface area contributed by atoms with Crippen molar-refractivity contribution in [2.75, 3.05) is 6.61 Å². The van der Waals surface area contributed by atoms with Gasteiger partial charge in [0, 0.05) is 16.7 Å². The van der Waals surface area contributed by atoms with Crippen LogP contribution < -0.4 is 4.74 Å². The van der Waals surface area contributed by atoms with E-state index in [-0.39, 0.29) is 22.9 Å². The summed E-state index contributed by atoms with van der Waals surface area (Å²) < 4.78 is 5.31. The Hall–Kier alpha value is -2.88. The molecule has 4 nitrogen and oxygen atoms in total. The number of phenolic OH excluding ortho intramolecular Hbond substituents is 1. The zero-order valence-electron chi connectivity index (χ0n) is 12.0. The van der Waals surface area contributed by atoms with E-state index in [0.29, 0.717) is 29.0 Å². The third kappa shape index (κ3) is 2.19. The summed E-state index contributed by atoms with van der Waals surface area (Å²) in [4.78, 5) is 24.7. The van der Waals surface area contributed by atoms with Crippen molar-refractivity contribution in [3.05, 3.63) is 64.7 Å². The normalized spacial score (nSPS) is 13.2. The van der Waals surface area contributed by atoms with E-state index in [2.05, 4.69) is 0 Å². The number of phenols is 1. The number of ether oxygens (including phenoxy) is 1. The van der Waals surface area contributed by atoms with E-state index in [4.69, 9.17) is 4.74 Å². The molecule has 110 valence electrons.